The Morgan fingerprint density at radius 3 is 2.94 bits per heavy atom. The van der Waals surface area contributed by atoms with Gasteiger partial charge in [-0.3, -0.25) is 0 Å². The highest BCUT2D eigenvalue weighted by molar-refractivity contribution is 5.51. The lowest BCUT2D eigenvalue weighted by molar-refractivity contribution is 0.0995. The zero-order valence-corrected chi connectivity index (χ0v) is 10.9. The van der Waals surface area contributed by atoms with Crippen LogP contribution in [0.4, 0.5) is 17.6 Å². The van der Waals surface area contributed by atoms with Crippen molar-refractivity contribution in [1.29, 1.82) is 0 Å². The molecule has 1 aliphatic rings. The highest BCUT2D eigenvalue weighted by Crippen LogP contribution is 2.19. The van der Waals surface area contributed by atoms with E-state index in [2.05, 4.69) is 27.5 Å². The normalized spacial score (nSPS) is 20.7. The fourth-order valence-electron chi connectivity index (χ4n) is 2.13. The van der Waals surface area contributed by atoms with E-state index in [4.69, 9.17) is 10.5 Å². The zero-order valence-electron chi connectivity index (χ0n) is 10.9. The highest BCUT2D eigenvalue weighted by Gasteiger charge is 2.22. The first-order valence-corrected chi connectivity index (χ1v) is 6.45. The van der Waals surface area contributed by atoms with Gasteiger partial charge in [-0.2, -0.15) is 9.97 Å². The van der Waals surface area contributed by atoms with Crippen LogP contribution >= 0.6 is 0 Å². The van der Waals surface area contributed by atoms with Crippen LogP contribution in [0, 0.1) is 0 Å². The Morgan fingerprint density at radius 2 is 2.28 bits per heavy atom. The average molecular weight is 251 g/mol. The van der Waals surface area contributed by atoms with Crippen LogP contribution in [-0.4, -0.2) is 35.3 Å². The number of nitrogen functional groups attached to an aromatic ring is 1. The van der Waals surface area contributed by atoms with Gasteiger partial charge in [0.05, 0.1) is 12.1 Å². The first kappa shape index (κ1) is 12.9. The number of ether oxygens (including phenoxy) is 1. The summed E-state index contributed by atoms with van der Waals surface area (Å²) in [6.07, 6.45) is 2.48. The molecule has 6 nitrogen and oxygen atoms in total. The van der Waals surface area contributed by atoms with Crippen molar-refractivity contribution in [2.45, 2.75) is 38.8 Å². The molecule has 0 aromatic carbocycles. The smallest absolute Gasteiger partial charge is 0.223 e. The Morgan fingerprint density at radius 1 is 1.50 bits per heavy atom. The fourth-order valence-corrected chi connectivity index (χ4v) is 2.13. The van der Waals surface area contributed by atoms with E-state index in [-0.39, 0.29) is 18.1 Å². The number of anilines is 3. The number of hydrogen-bond acceptors (Lipinski definition) is 6. The average Bonchev–Trinajstić information content (AvgIpc) is 2.81. The summed E-state index contributed by atoms with van der Waals surface area (Å²) in [7, 11) is 0. The maximum absolute atomic E-state index is 5.69. The minimum Gasteiger partial charge on any atom is -0.376 e. The van der Waals surface area contributed by atoms with Crippen LogP contribution in [0.2, 0.25) is 0 Å². The number of rotatable bonds is 5. The van der Waals surface area contributed by atoms with Crippen molar-refractivity contribution in [3.8, 4) is 0 Å². The van der Waals surface area contributed by atoms with Crippen molar-refractivity contribution in [2.75, 3.05) is 29.5 Å². The maximum Gasteiger partial charge on any atom is 0.223 e. The van der Waals surface area contributed by atoms with E-state index in [1.165, 1.54) is 0 Å². The number of nitrogens with one attached hydrogen (secondary N) is 2. The van der Waals surface area contributed by atoms with Gasteiger partial charge in [-0.05, 0) is 26.7 Å². The first-order chi connectivity index (χ1) is 8.69. The van der Waals surface area contributed by atoms with Crippen LogP contribution in [0.25, 0.3) is 0 Å². The van der Waals surface area contributed by atoms with Crippen LogP contribution in [-0.2, 0) is 4.74 Å². The van der Waals surface area contributed by atoms with Crippen LogP contribution < -0.4 is 16.4 Å². The van der Waals surface area contributed by atoms with Crippen molar-refractivity contribution in [2.24, 2.45) is 0 Å². The van der Waals surface area contributed by atoms with Crippen molar-refractivity contribution in [3.63, 3.8) is 0 Å². The van der Waals surface area contributed by atoms with Crippen molar-refractivity contribution in [1.82, 2.24) is 9.97 Å². The Balaban J connectivity index is 2.03. The van der Waals surface area contributed by atoms with Crippen molar-refractivity contribution >= 4 is 17.6 Å². The molecule has 6 heteroatoms. The number of nitrogens with zero attached hydrogens (tertiary/aromatic N) is 2. The van der Waals surface area contributed by atoms with E-state index < -0.39 is 0 Å². The molecule has 18 heavy (non-hydrogen) atoms. The van der Waals surface area contributed by atoms with Gasteiger partial charge in [0.1, 0.15) is 11.6 Å². The topological polar surface area (TPSA) is 85.1 Å². The third-order valence-corrected chi connectivity index (χ3v) is 3.00. The molecule has 1 aliphatic heterocycles. The van der Waals surface area contributed by atoms with Crippen molar-refractivity contribution in [3.05, 3.63) is 6.07 Å². The fraction of sp³-hybridized carbons (Fsp3) is 0.667. The molecule has 0 bridgehead atoms. The van der Waals surface area contributed by atoms with E-state index in [9.17, 15) is 0 Å². The molecule has 1 fully saturated rings. The molecule has 1 aromatic heterocycles. The predicted molar refractivity (Wildman–Crippen MR) is 72.7 cm³/mol. The second-order valence-electron chi connectivity index (χ2n) is 4.51. The third-order valence-electron chi connectivity index (χ3n) is 3.00. The van der Waals surface area contributed by atoms with Gasteiger partial charge in [0.2, 0.25) is 5.95 Å². The number of nitrogens with two attached hydrogens (primary N) is 1. The Kier molecular flexibility index (Phi) is 4.19. The van der Waals surface area contributed by atoms with E-state index in [1.54, 1.807) is 0 Å². The van der Waals surface area contributed by atoms with Gasteiger partial charge in [0.15, 0.2) is 0 Å². The Labute approximate surface area is 107 Å². The molecule has 0 saturated carbocycles. The molecule has 2 atom stereocenters. The number of hydrogen-bond donors (Lipinski definition) is 3. The summed E-state index contributed by atoms with van der Waals surface area (Å²) in [6.45, 7) is 5.77. The molecular formula is C12H21N5O. The van der Waals surface area contributed by atoms with Gasteiger partial charge in [0.25, 0.3) is 0 Å². The summed E-state index contributed by atoms with van der Waals surface area (Å²) in [5, 5.41) is 6.46. The lowest BCUT2D eigenvalue weighted by Gasteiger charge is -2.20. The van der Waals surface area contributed by atoms with Crippen LogP contribution in [0.15, 0.2) is 6.07 Å². The van der Waals surface area contributed by atoms with Gasteiger partial charge < -0.3 is 21.1 Å². The predicted octanol–water partition coefficient (Wildman–Crippen LogP) is 1.47. The van der Waals surface area contributed by atoms with Crippen LogP contribution in [0.5, 0.6) is 0 Å². The second kappa shape index (κ2) is 5.86. The molecule has 2 rings (SSSR count). The molecule has 1 saturated heterocycles. The largest absolute Gasteiger partial charge is 0.376 e. The molecule has 0 radical (unpaired) electrons. The summed E-state index contributed by atoms with van der Waals surface area (Å²) < 4.78 is 5.64. The van der Waals surface area contributed by atoms with Gasteiger partial charge in [-0.25, -0.2) is 0 Å². The van der Waals surface area contributed by atoms with E-state index in [0.717, 1.165) is 37.6 Å². The standard InChI is InChI=1S/C12H21N5O/c1-3-14-10-7-11(17-12(13)16-10)15-8(2)9-5-4-6-18-9/h7-9H,3-6H2,1-2H3,(H4,13,14,15,16,17). The monoisotopic (exact) mass is 251 g/mol. The Bertz CT molecular complexity index is 392. The lowest BCUT2D eigenvalue weighted by Crippen LogP contribution is -2.30. The molecule has 2 heterocycles. The van der Waals surface area contributed by atoms with Crippen LogP contribution in [0.1, 0.15) is 26.7 Å². The van der Waals surface area contributed by atoms with Gasteiger partial charge >= 0.3 is 0 Å². The summed E-state index contributed by atoms with van der Waals surface area (Å²) >= 11 is 0. The van der Waals surface area contributed by atoms with E-state index in [0.29, 0.717) is 0 Å². The van der Waals surface area contributed by atoms with Crippen LogP contribution in [0.3, 0.4) is 0 Å². The quantitative estimate of drug-likeness (QED) is 0.735. The molecule has 2 unspecified atom stereocenters. The van der Waals surface area contributed by atoms with Gasteiger partial charge in [-0.1, -0.05) is 0 Å². The summed E-state index contributed by atoms with van der Waals surface area (Å²) in [5.74, 6) is 1.75. The molecule has 100 valence electrons. The summed E-state index contributed by atoms with van der Waals surface area (Å²) in [4.78, 5) is 8.30. The maximum atomic E-state index is 5.69. The molecule has 0 aliphatic carbocycles. The molecule has 0 amide bonds. The lowest BCUT2D eigenvalue weighted by atomic mass is 10.1. The highest BCUT2D eigenvalue weighted by atomic mass is 16.5. The van der Waals surface area contributed by atoms with Gasteiger partial charge in [0, 0.05) is 19.2 Å². The minimum atomic E-state index is 0.219. The summed E-state index contributed by atoms with van der Waals surface area (Å²) in [5.41, 5.74) is 5.69. The molecular weight excluding hydrogens is 230 g/mol. The SMILES string of the molecule is CCNc1cc(NC(C)C2CCCO2)nc(N)n1. The minimum absolute atomic E-state index is 0.219. The van der Waals surface area contributed by atoms with E-state index >= 15 is 0 Å². The molecule has 1 aromatic rings. The third kappa shape index (κ3) is 3.22. The molecule has 4 N–H and O–H groups in total. The zero-order chi connectivity index (χ0) is 13.0. The second-order valence-corrected chi connectivity index (χ2v) is 4.51. The van der Waals surface area contributed by atoms with Gasteiger partial charge in [-0.15, -0.1) is 0 Å². The number of aromatic nitrogens is 2. The summed E-state index contributed by atoms with van der Waals surface area (Å²) in [6, 6.07) is 2.09. The molecule has 0 spiro atoms. The van der Waals surface area contributed by atoms with Crippen molar-refractivity contribution < 1.29 is 4.74 Å². The van der Waals surface area contributed by atoms with E-state index in [1.807, 2.05) is 13.0 Å². The first-order valence-electron chi connectivity index (χ1n) is 6.45. The Hall–Kier alpha value is -1.56.